The molecule has 1 unspecified atom stereocenters. The van der Waals surface area contributed by atoms with Gasteiger partial charge in [-0.15, -0.1) is 0 Å². The van der Waals surface area contributed by atoms with E-state index in [4.69, 9.17) is 4.74 Å². The second-order valence-electron chi connectivity index (χ2n) is 11.1. The number of halogens is 1. The van der Waals surface area contributed by atoms with Gasteiger partial charge in [-0.05, 0) is 99.5 Å². The summed E-state index contributed by atoms with van der Waals surface area (Å²) in [5.41, 5.74) is 3.55. The van der Waals surface area contributed by atoms with E-state index in [0.29, 0.717) is 11.6 Å². The van der Waals surface area contributed by atoms with Crippen LogP contribution in [0.1, 0.15) is 85.8 Å². The van der Waals surface area contributed by atoms with Gasteiger partial charge in [-0.3, -0.25) is 9.36 Å². The Balaban J connectivity index is 1.38. The zero-order chi connectivity index (χ0) is 25.8. The van der Waals surface area contributed by atoms with Crippen LogP contribution in [0.25, 0.3) is 10.9 Å². The van der Waals surface area contributed by atoms with Crippen LogP contribution < -0.4 is 4.74 Å². The van der Waals surface area contributed by atoms with E-state index in [0.717, 1.165) is 41.2 Å². The lowest BCUT2D eigenvalue weighted by molar-refractivity contribution is 0.0962. The van der Waals surface area contributed by atoms with E-state index < -0.39 is 0 Å². The molecule has 5 heteroatoms. The number of hydrogen-bond donors (Lipinski definition) is 0. The lowest BCUT2D eigenvalue weighted by atomic mass is 9.84. The Hall–Kier alpha value is -2.66. The molecule has 5 rings (SSSR count). The summed E-state index contributed by atoms with van der Waals surface area (Å²) in [5.74, 6) is 1.27. The average molecular weight is 505 g/mol. The number of ether oxygens (including phenoxy) is 1. The number of piperidine rings is 1. The van der Waals surface area contributed by atoms with Gasteiger partial charge in [0.05, 0.1) is 12.6 Å². The predicted molar refractivity (Wildman–Crippen MR) is 148 cm³/mol. The first kappa shape index (κ1) is 26.0. The molecule has 4 nitrogen and oxygen atoms in total. The van der Waals surface area contributed by atoms with E-state index in [-0.39, 0.29) is 11.7 Å². The minimum absolute atomic E-state index is 0.123. The van der Waals surface area contributed by atoms with E-state index in [1.54, 1.807) is 23.8 Å². The van der Waals surface area contributed by atoms with Gasteiger partial charge in [0.15, 0.2) is 0 Å². The van der Waals surface area contributed by atoms with Crippen LogP contribution >= 0.6 is 0 Å². The molecule has 198 valence electrons. The standard InChI is InChI=1S/C32H41FN2O2/c1-23-29(19-21-34-20-7-6-10-27(34)16-11-24-8-4-3-5-9-24)30-22-28(37-2)17-18-31(30)35(23)32(36)25-12-14-26(33)15-13-25/h12-15,17-18,22,24,27H,3-11,16,19-21H2,1-2H3. The quantitative estimate of drug-likeness (QED) is 0.318. The Morgan fingerprint density at radius 1 is 0.973 bits per heavy atom. The van der Waals surface area contributed by atoms with Gasteiger partial charge in [0.2, 0.25) is 0 Å². The first-order chi connectivity index (χ1) is 18.0. The minimum atomic E-state index is -0.337. The highest BCUT2D eigenvalue weighted by molar-refractivity contribution is 6.04. The van der Waals surface area contributed by atoms with Gasteiger partial charge in [-0.1, -0.05) is 38.5 Å². The number of carbonyl (C=O) groups excluding carboxylic acids is 1. The SMILES string of the molecule is COc1ccc2c(c1)c(CCN1CCCCC1CCC1CCCCC1)c(C)n2C(=O)c1ccc(F)cc1. The van der Waals surface area contributed by atoms with Gasteiger partial charge in [0.1, 0.15) is 11.6 Å². The largest absolute Gasteiger partial charge is 0.497 e. The van der Waals surface area contributed by atoms with Gasteiger partial charge < -0.3 is 9.64 Å². The fourth-order valence-corrected chi connectivity index (χ4v) is 6.73. The van der Waals surface area contributed by atoms with Crippen molar-refractivity contribution in [1.29, 1.82) is 0 Å². The number of aromatic nitrogens is 1. The fraction of sp³-hybridized carbons (Fsp3) is 0.531. The number of rotatable bonds is 8. The molecule has 0 amide bonds. The molecule has 3 aromatic rings. The number of carbonyl (C=O) groups is 1. The lowest BCUT2D eigenvalue weighted by Crippen LogP contribution is -2.41. The summed E-state index contributed by atoms with van der Waals surface area (Å²) < 4.78 is 20.8. The molecule has 1 saturated heterocycles. The highest BCUT2D eigenvalue weighted by atomic mass is 19.1. The Kier molecular flexibility index (Phi) is 8.29. The summed E-state index contributed by atoms with van der Waals surface area (Å²) in [4.78, 5) is 16.3. The second kappa shape index (κ2) is 11.8. The summed E-state index contributed by atoms with van der Waals surface area (Å²) in [5, 5.41) is 1.07. The zero-order valence-corrected chi connectivity index (χ0v) is 22.5. The molecule has 1 aliphatic heterocycles. The average Bonchev–Trinajstić information content (AvgIpc) is 3.21. The molecular weight excluding hydrogens is 463 g/mol. The van der Waals surface area contributed by atoms with Crippen LogP contribution in [0.4, 0.5) is 4.39 Å². The lowest BCUT2D eigenvalue weighted by Gasteiger charge is -2.37. The van der Waals surface area contributed by atoms with Crippen LogP contribution in [-0.2, 0) is 6.42 Å². The molecule has 1 aromatic heterocycles. The first-order valence-electron chi connectivity index (χ1n) is 14.3. The maximum atomic E-state index is 13.6. The molecule has 1 atom stereocenters. The highest BCUT2D eigenvalue weighted by Gasteiger charge is 2.26. The molecule has 2 fully saturated rings. The van der Waals surface area contributed by atoms with Crippen LogP contribution in [0.15, 0.2) is 42.5 Å². The zero-order valence-electron chi connectivity index (χ0n) is 22.5. The van der Waals surface area contributed by atoms with Crippen molar-refractivity contribution >= 4 is 16.8 Å². The maximum Gasteiger partial charge on any atom is 0.262 e. The summed E-state index contributed by atoms with van der Waals surface area (Å²) in [6, 6.07) is 12.5. The van der Waals surface area contributed by atoms with Gasteiger partial charge in [-0.2, -0.15) is 0 Å². The molecule has 37 heavy (non-hydrogen) atoms. The highest BCUT2D eigenvalue weighted by Crippen LogP contribution is 2.33. The summed E-state index contributed by atoms with van der Waals surface area (Å²) in [6.07, 6.45) is 14.6. The Bertz CT molecular complexity index is 1210. The monoisotopic (exact) mass is 504 g/mol. The summed E-state index contributed by atoms with van der Waals surface area (Å²) in [7, 11) is 1.68. The number of fused-ring (bicyclic) bond motifs is 1. The molecule has 0 N–H and O–H groups in total. The maximum absolute atomic E-state index is 13.6. The normalized spacial score (nSPS) is 19.4. The smallest absolute Gasteiger partial charge is 0.262 e. The van der Waals surface area contributed by atoms with Gasteiger partial charge in [0.25, 0.3) is 5.91 Å². The van der Waals surface area contributed by atoms with E-state index in [1.165, 1.54) is 88.4 Å². The Labute approximate surface area is 220 Å². The third-order valence-corrected chi connectivity index (χ3v) is 8.87. The van der Waals surface area contributed by atoms with Crippen molar-refractivity contribution in [3.8, 4) is 5.75 Å². The fourth-order valence-electron chi connectivity index (χ4n) is 6.73. The van der Waals surface area contributed by atoms with Crippen LogP contribution in [-0.4, -0.2) is 41.6 Å². The van der Waals surface area contributed by atoms with Gasteiger partial charge >= 0.3 is 0 Å². The number of benzene rings is 2. The Morgan fingerprint density at radius 3 is 2.49 bits per heavy atom. The van der Waals surface area contributed by atoms with Crippen LogP contribution in [0.5, 0.6) is 5.75 Å². The van der Waals surface area contributed by atoms with Crippen molar-refractivity contribution in [2.45, 2.75) is 83.6 Å². The second-order valence-corrected chi connectivity index (χ2v) is 11.1. The van der Waals surface area contributed by atoms with Crippen LogP contribution in [0.2, 0.25) is 0 Å². The summed E-state index contributed by atoms with van der Waals surface area (Å²) >= 11 is 0. The third-order valence-electron chi connectivity index (χ3n) is 8.87. The molecule has 1 aliphatic carbocycles. The van der Waals surface area contributed by atoms with Crippen LogP contribution in [0, 0.1) is 18.7 Å². The van der Waals surface area contributed by atoms with Gasteiger partial charge in [0, 0.05) is 29.2 Å². The van der Waals surface area contributed by atoms with E-state index in [1.807, 2.05) is 19.1 Å². The number of likely N-dealkylation sites (tertiary alicyclic amines) is 1. The molecule has 0 radical (unpaired) electrons. The van der Waals surface area contributed by atoms with Crippen molar-refractivity contribution in [2.75, 3.05) is 20.2 Å². The van der Waals surface area contributed by atoms with E-state index >= 15 is 0 Å². The number of nitrogens with zero attached hydrogens (tertiary/aromatic N) is 2. The third kappa shape index (κ3) is 5.77. The molecule has 2 aromatic carbocycles. The van der Waals surface area contributed by atoms with Crippen molar-refractivity contribution in [2.24, 2.45) is 5.92 Å². The molecule has 2 aliphatic rings. The minimum Gasteiger partial charge on any atom is -0.497 e. The van der Waals surface area contributed by atoms with Crippen molar-refractivity contribution in [3.05, 3.63) is 65.1 Å². The van der Waals surface area contributed by atoms with Crippen molar-refractivity contribution in [1.82, 2.24) is 9.47 Å². The first-order valence-corrected chi connectivity index (χ1v) is 14.3. The Morgan fingerprint density at radius 2 is 1.73 bits per heavy atom. The molecular formula is C32H41FN2O2. The molecule has 0 spiro atoms. The van der Waals surface area contributed by atoms with Crippen LogP contribution in [0.3, 0.4) is 0 Å². The van der Waals surface area contributed by atoms with E-state index in [9.17, 15) is 9.18 Å². The van der Waals surface area contributed by atoms with Crippen molar-refractivity contribution < 1.29 is 13.9 Å². The molecule has 0 bridgehead atoms. The molecule has 1 saturated carbocycles. The van der Waals surface area contributed by atoms with Gasteiger partial charge in [-0.25, -0.2) is 4.39 Å². The van der Waals surface area contributed by atoms with E-state index in [2.05, 4.69) is 11.0 Å². The summed E-state index contributed by atoms with van der Waals surface area (Å²) in [6.45, 7) is 4.22. The molecule has 2 heterocycles. The number of methoxy groups -OCH3 is 1. The van der Waals surface area contributed by atoms with Crippen molar-refractivity contribution in [3.63, 3.8) is 0 Å². The number of hydrogen-bond acceptors (Lipinski definition) is 3. The predicted octanol–water partition coefficient (Wildman–Crippen LogP) is 7.54. The topological polar surface area (TPSA) is 34.5 Å².